The third-order valence-electron chi connectivity index (χ3n) is 2.85. The highest BCUT2D eigenvalue weighted by Gasteiger charge is 2.21. The maximum absolute atomic E-state index is 5.97. The Balaban J connectivity index is 2.42. The standard InChI is InChI=1S/C11H20Cl2N2/c1-2-14-8-11-5-3-4-6-15(11)9-10(13)7-12/h7,11,14H,2-6,8-9H2,1H3. The lowest BCUT2D eigenvalue weighted by Gasteiger charge is -2.35. The smallest absolute Gasteiger partial charge is 0.0434 e. The predicted molar refractivity (Wildman–Crippen MR) is 67.5 cm³/mol. The van der Waals surface area contributed by atoms with E-state index in [0.717, 1.165) is 31.2 Å². The van der Waals surface area contributed by atoms with Crippen LogP contribution in [-0.4, -0.2) is 37.1 Å². The van der Waals surface area contributed by atoms with Gasteiger partial charge in [0.25, 0.3) is 0 Å². The first-order valence-electron chi connectivity index (χ1n) is 5.67. The van der Waals surface area contributed by atoms with E-state index in [1.807, 2.05) is 0 Å². The molecule has 1 N–H and O–H groups in total. The SMILES string of the molecule is CCNCC1CCCCN1CC(Cl)=CCl. The van der Waals surface area contributed by atoms with E-state index in [2.05, 4.69) is 17.1 Å². The van der Waals surface area contributed by atoms with Gasteiger partial charge in [0.05, 0.1) is 0 Å². The normalized spacial score (nSPS) is 24.5. The molecule has 0 aliphatic carbocycles. The van der Waals surface area contributed by atoms with Gasteiger partial charge in [-0.05, 0) is 25.9 Å². The van der Waals surface area contributed by atoms with Crippen LogP contribution in [0, 0.1) is 0 Å². The van der Waals surface area contributed by atoms with E-state index in [-0.39, 0.29) is 0 Å². The van der Waals surface area contributed by atoms with Gasteiger partial charge in [0.15, 0.2) is 0 Å². The van der Waals surface area contributed by atoms with Crippen molar-refractivity contribution in [1.82, 2.24) is 10.2 Å². The van der Waals surface area contributed by atoms with Crippen molar-refractivity contribution in [2.45, 2.75) is 32.2 Å². The molecule has 1 heterocycles. The number of nitrogens with one attached hydrogen (secondary N) is 1. The molecule has 1 rings (SSSR count). The van der Waals surface area contributed by atoms with E-state index in [9.17, 15) is 0 Å². The molecule has 0 spiro atoms. The zero-order valence-electron chi connectivity index (χ0n) is 9.31. The van der Waals surface area contributed by atoms with E-state index >= 15 is 0 Å². The number of likely N-dealkylation sites (tertiary alicyclic amines) is 1. The highest BCUT2D eigenvalue weighted by atomic mass is 35.5. The molecule has 1 aliphatic rings. The highest BCUT2D eigenvalue weighted by Crippen LogP contribution is 2.19. The van der Waals surface area contributed by atoms with Gasteiger partial charge in [0.2, 0.25) is 0 Å². The lowest BCUT2D eigenvalue weighted by atomic mass is 10.0. The molecule has 0 aromatic rings. The van der Waals surface area contributed by atoms with Crippen molar-refractivity contribution in [3.8, 4) is 0 Å². The summed E-state index contributed by atoms with van der Waals surface area (Å²) in [5.74, 6) is 0. The first-order valence-corrected chi connectivity index (χ1v) is 6.49. The van der Waals surface area contributed by atoms with Crippen molar-refractivity contribution < 1.29 is 0 Å². The largest absolute Gasteiger partial charge is 0.315 e. The summed E-state index contributed by atoms with van der Waals surface area (Å²) in [5, 5.41) is 4.14. The second-order valence-electron chi connectivity index (χ2n) is 3.98. The van der Waals surface area contributed by atoms with Crippen LogP contribution in [0.4, 0.5) is 0 Å². The number of hydrogen-bond donors (Lipinski definition) is 1. The molecular weight excluding hydrogens is 231 g/mol. The monoisotopic (exact) mass is 250 g/mol. The van der Waals surface area contributed by atoms with Crippen molar-refractivity contribution in [3.63, 3.8) is 0 Å². The van der Waals surface area contributed by atoms with Crippen molar-refractivity contribution in [3.05, 3.63) is 10.6 Å². The molecule has 0 radical (unpaired) electrons. The Morgan fingerprint density at radius 2 is 2.33 bits per heavy atom. The Hall–Kier alpha value is 0.240. The van der Waals surface area contributed by atoms with Crippen LogP contribution in [0.3, 0.4) is 0 Å². The van der Waals surface area contributed by atoms with Crippen LogP contribution in [0.15, 0.2) is 10.6 Å². The summed E-state index contributed by atoms with van der Waals surface area (Å²) in [6, 6.07) is 0.615. The van der Waals surface area contributed by atoms with Gasteiger partial charge in [-0.3, -0.25) is 4.90 Å². The van der Waals surface area contributed by atoms with E-state index < -0.39 is 0 Å². The molecule has 0 bridgehead atoms. The van der Waals surface area contributed by atoms with Crippen molar-refractivity contribution in [1.29, 1.82) is 0 Å². The average Bonchev–Trinajstić information content (AvgIpc) is 2.28. The fraction of sp³-hybridized carbons (Fsp3) is 0.818. The lowest BCUT2D eigenvalue weighted by molar-refractivity contribution is 0.161. The number of likely N-dealkylation sites (N-methyl/N-ethyl adjacent to an activating group) is 1. The van der Waals surface area contributed by atoms with Crippen LogP contribution in [0.2, 0.25) is 0 Å². The summed E-state index contributed by atoms with van der Waals surface area (Å²) in [6.45, 7) is 6.16. The molecule has 1 fully saturated rings. The Bertz CT molecular complexity index is 207. The molecule has 1 saturated heterocycles. The minimum Gasteiger partial charge on any atom is -0.315 e. The molecule has 88 valence electrons. The second-order valence-corrected chi connectivity index (χ2v) is 4.69. The number of halogens is 2. The van der Waals surface area contributed by atoms with Gasteiger partial charge in [-0.2, -0.15) is 0 Å². The first-order chi connectivity index (χ1) is 7.27. The molecule has 2 nitrogen and oxygen atoms in total. The van der Waals surface area contributed by atoms with Crippen LogP contribution in [-0.2, 0) is 0 Å². The van der Waals surface area contributed by atoms with Gasteiger partial charge in [-0.25, -0.2) is 0 Å². The number of rotatable bonds is 5. The summed E-state index contributed by atoms with van der Waals surface area (Å²) in [4.78, 5) is 2.42. The third kappa shape index (κ3) is 4.73. The Morgan fingerprint density at radius 1 is 1.53 bits per heavy atom. The first kappa shape index (κ1) is 13.3. The molecule has 15 heavy (non-hydrogen) atoms. The molecule has 0 amide bonds. The van der Waals surface area contributed by atoms with Crippen molar-refractivity contribution in [2.24, 2.45) is 0 Å². The fourth-order valence-corrected chi connectivity index (χ4v) is 2.26. The highest BCUT2D eigenvalue weighted by molar-refractivity contribution is 6.36. The molecule has 0 aromatic carbocycles. The maximum Gasteiger partial charge on any atom is 0.0434 e. The molecule has 1 atom stereocenters. The van der Waals surface area contributed by atoms with E-state index in [4.69, 9.17) is 23.2 Å². The van der Waals surface area contributed by atoms with Gasteiger partial charge in [0, 0.05) is 29.7 Å². The second kappa shape index (κ2) is 7.50. The lowest BCUT2D eigenvalue weighted by Crippen LogP contribution is -2.45. The fourth-order valence-electron chi connectivity index (χ4n) is 2.04. The van der Waals surface area contributed by atoms with Crippen molar-refractivity contribution >= 4 is 23.2 Å². The molecular formula is C11H20Cl2N2. The van der Waals surface area contributed by atoms with Crippen LogP contribution in [0.25, 0.3) is 0 Å². The predicted octanol–water partition coefficient (Wildman–Crippen LogP) is 2.77. The van der Waals surface area contributed by atoms with E-state index in [1.165, 1.54) is 24.8 Å². The summed E-state index contributed by atoms with van der Waals surface area (Å²) < 4.78 is 0. The number of nitrogens with zero attached hydrogens (tertiary/aromatic N) is 1. The van der Waals surface area contributed by atoms with Gasteiger partial charge in [0.1, 0.15) is 0 Å². The molecule has 4 heteroatoms. The maximum atomic E-state index is 5.97. The van der Waals surface area contributed by atoms with Crippen molar-refractivity contribution in [2.75, 3.05) is 26.2 Å². The minimum absolute atomic E-state index is 0.615. The summed E-state index contributed by atoms with van der Waals surface area (Å²) in [5.41, 5.74) is 1.47. The van der Waals surface area contributed by atoms with Crippen LogP contribution in [0.5, 0.6) is 0 Å². The Morgan fingerprint density at radius 3 is 3.00 bits per heavy atom. The van der Waals surface area contributed by atoms with Crippen LogP contribution in [0.1, 0.15) is 26.2 Å². The van der Waals surface area contributed by atoms with Gasteiger partial charge in [-0.1, -0.05) is 36.5 Å². The summed E-state index contributed by atoms with van der Waals surface area (Å²) in [6.07, 6.45) is 3.86. The summed E-state index contributed by atoms with van der Waals surface area (Å²) in [7, 11) is 0. The Labute approximate surface area is 103 Å². The van der Waals surface area contributed by atoms with Gasteiger partial charge >= 0.3 is 0 Å². The molecule has 0 saturated carbocycles. The van der Waals surface area contributed by atoms with Gasteiger partial charge < -0.3 is 5.32 Å². The quantitative estimate of drug-likeness (QED) is 0.808. The zero-order valence-corrected chi connectivity index (χ0v) is 10.8. The average molecular weight is 251 g/mol. The zero-order chi connectivity index (χ0) is 11.1. The van der Waals surface area contributed by atoms with Crippen LogP contribution >= 0.6 is 23.2 Å². The van der Waals surface area contributed by atoms with Gasteiger partial charge in [-0.15, -0.1) is 0 Å². The third-order valence-corrected chi connectivity index (χ3v) is 3.46. The Kier molecular flexibility index (Phi) is 6.66. The molecule has 1 aliphatic heterocycles. The number of piperidine rings is 1. The van der Waals surface area contributed by atoms with Crippen LogP contribution < -0.4 is 5.32 Å². The minimum atomic E-state index is 0.615. The molecule has 1 unspecified atom stereocenters. The molecule has 0 aromatic heterocycles. The summed E-state index contributed by atoms with van der Waals surface area (Å²) >= 11 is 11.6. The van der Waals surface area contributed by atoms with E-state index in [1.54, 1.807) is 0 Å². The number of hydrogen-bond acceptors (Lipinski definition) is 2. The topological polar surface area (TPSA) is 15.3 Å². The van der Waals surface area contributed by atoms with E-state index in [0.29, 0.717) is 6.04 Å².